The van der Waals surface area contributed by atoms with Crippen LogP contribution in [0, 0.1) is 16.9 Å². The fourth-order valence-corrected chi connectivity index (χ4v) is 8.05. The number of carbonyl (C=O) groups is 1. The molecule has 6 rings (SSSR count). The molecule has 0 amide bonds. The molecule has 0 saturated carbocycles. The summed E-state index contributed by atoms with van der Waals surface area (Å²) in [7, 11) is 0. The van der Waals surface area contributed by atoms with Gasteiger partial charge in [-0.15, -0.1) is 51.8 Å². The molecule has 0 spiro atoms. The molecule has 48 heavy (non-hydrogen) atoms. The maximum atomic E-state index is 12.2. The van der Waals surface area contributed by atoms with Gasteiger partial charge < -0.3 is 5.11 Å². The van der Waals surface area contributed by atoms with Crippen LogP contribution in [0.5, 0.6) is 0 Å². The van der Waals surface area contributed by atoms with E-state index in [9.17, 15) is 9.90 Å². The standard InChI is InChI=1S/C27H20NS2.C15H28O2.Ir/c1-27(2,3)22-13-18(12-16-6-4-5-7-19(16)22)25-26-20(8-10-28-25)21-15-23-17(9-11-29-23)14-24(21)30-26;1-7-14(5,8-2)12(16)11-13(17)15(6,9-3)10-4;/h4-11,13-15H,1-3H3;11,16H,7-10H2,1-6H3;/q-1;;/b;12-11-;. The number of rotatable bonds is 8. The Balaban J connectivity index is 0.000000251. The molecule has 0 fully saturated rings. The van der Waals surface area contributed by atoms with E-state index in [2.05, 4.69) is 86.8 Å². The van der Waals surface area contributed by atoms with Gasteiger partial charge in [-0.05, 0) is 71.5 Å². The fourth-order valence-electron chi connectivity index (χ4n) is 6.01. The molecule has 0 unspecified atom stereocenters. The van der Waals surface area contributed by atoms with Crippen molar-refractivity contribution in [1.82, 2.24) is 4.98 Å². The second-order valence-electron chi connectivity index (χ2n) is 14.3. The maximum absolute atomic E-state index is 12.2. The quantitative estimate of drug-likeness (QED) is 0.0943. The molecular formula is C42H48IrNO2S2-. The summed E-state index contributed by atoms with van der Waals surface area (Å²) in [5, 5.41) is 18.7. The van der Waals surface area contributed by atoms with Crippen molar-refractivity contribution in [2.45, 2.75) is 93.4 Å². The van der Waals surface area contributed by atoms with Gasteiger partial charge in [0, 0.05) is 68.4 Å². The predicted octanol–water partition coefficient (Wildman–Crippen LogP) is 13.2. The van der Waals surface area contributed by atoms with Crippen LogP contribution in [0.3, 0.4) is 0 Å². The van der Waals surface area contributed by atoms with Gasteiger partial charge in [0.1, 0.15) is 5.76 Å². The second-order valence-corrected chi connectivity index (χ2v) is 16.3. The SMILES string of the molecule is CC(C)(C)c1cc(-c2nccc3c2sc2cc4ccsc4cc23)[c-]c2ccccc12.CCC(C)(CC)C(=O)/C=C(\O)C(C)(CC)CC.[Ir]. The number of thiophene rings is 2. The summed E-state index contributed by atoms with van der Waals surface area (Å²) in [6, 6.07) is 23.6. The zero-order valence-electron chi connectivity index (χ0n) is 29.7. The predicted molar refractivity (Wildman–Crippen MR) is 206 cm³/mol. The molecule has 0 atom stereocenters. The summed E-state index contributed by atoms with van der Waals surface area (Å²) >= 11 is 3.65. The summed E-state index contributed by atoms with van der Waals surface area (Å²) in [6.45, 7) is 18.9. The van der Waals surface area contributed by atoms with Crippen molar-refractivity contribution in [2.24, 2.45) is 10.8 Å². The van der Waals surface area contributed by atoms with E-state index < -0.39 is 0 Å². The van der Waals surface area contributed by atoms with E-state index in [1.54, 1.807) is 11.3 Å². The van der Waals surface area contributed by atoms with Crippen molar-refractivity contribution in [3.63, 3.8) is 0 Å². The molecule has 0 saturated heterocycles. The molecule has 0 aliphatic carbocycles. The van der Waals surface area contributed by atoms with Gasteiger partial charge in [0.15, 0.2) is 5.78 Å². The monoisotopic (exact) mass is 855 g/mol. The smallest absolute Gasteiger partial charge is 0.164 e. The van der Waals surface area contributed by atoms with Crippen molar-refractivity contribution in [3.8, 4) is 11.3 Å². The van der Waals surface area contributed by atoms with Crippen LogP contribution in [0.1, 0.15) is 93.6 Å². The normalized spacial score (nSPS) is 12.7. The summed E-state index contributed by atoms with van der Waals surface area (Å²) < 4.78 is 3.91. The molecule has 3 aromatic heterocycles. The van der Waals surface area contributed by atoms with Crippen LogP contribution in [-0.4, -0.2) is 15.9 Å². The first-order valence-electron chi connectivity index (χ1n) is 16.9. The van der Waals surface area contributed by atoms with E-state index in [4.69, 9.17) is 4.98 Å². The number of fused-ring (bicyclic) bond motifs is 5. The Morgan fingerprint density at radius 1 is 0.833 bits per heavy atom. The number of aromatic nitrogens is 1. The molecule has 3 heterocycles. The number of aliphatic hydroxyl groups excluding tert-OH is 1. The number of carbonyl (C=O) groups excluding carboxylic acids is 1. The van der Waals surface area contributed by atoms with Gasteiger partial charge in [0.05, 0.1) is 0 Å². The zero-order valence-corrected chi connectivity index (χ0v) is 33.7. The number of benzene rings is 3. The van der Waals surface area contributed by atoms with Crippen molar-refractivity contribution in [3.05, 3.63) is 89.6 Å². The summed E-state index contributed by atoms with van der Waals surface area (Å²) in [5.41, 5.74) is 2.90. The number of hydrogen-bond acceptors (Lipinski definition) is 5. The Labute approximate surface area is 307 Å². The molecule has 1 N–H and O–H groups in total. The van der Waals surface area contributed by atoms with E-state index >= 15 is 0 Å². The number of hydrogen-bond donors (Lipinski definition) is 1. The molecule has 3 aromatic carbocycles. The number of ketones is 1. The van der Waals surface area contributed by atoms with E-state index in [-0.39, 0.29) is 47.9 Å². The third-order valence-corrected chi connectivity index (χ3v) is 12.5. The molecule has 255 valence electrons. The molecule has 0 aliphatic rings. The third-order valence-electron chi connectivity index (χ3n) is 10.4. The maximum Gasteiger partial charge on any atom is 0.164 e. The molecule has 0 bridgehead atoms. The van der Waals surface area contributed by atoms with Crippen molar-refractivity contribution < 1.29 is 30.0 Å². The Morgan fingerprint density at radius 3 is 2.15 bits per heavy atom. The Bertz CT molecular complexity index is 2090. The van der Waals surface area contributed by atoms with Gasteiger partial charge >= 0.3 is 0 Å². The van der Waals surface area contributed by atoms with Crippen LogP contribution in [0.15, 0.2) is 78.0 Å². The van der Waals surface area contributed by atoms with Crippen molar-refractivity contribution in [2.75, 3.05) is 0 Å². The number of allylic oxidation sites excluding steroid dienone is 2. The van der Waals surface area contributed by atoms with Crippen LogP contribution < -0.4 is 0 Å². The van der Waals surface area contributed by atoms with Crippen LogP contribution in [-0.2, 0) is 30.3 Å². The van der Waals surface area contributed by atoms with Crippen LogP contribution in [0.25, 0.3) is 52.3 Å². The van der Waals surface area contributed by atoms with Crippen molar-refractivity contribution >= 4 is 69.5 Å². The van der Waals surface area contributed by atoms with Gasteiger partial charge in [-0.2, -0.15) is 0 Å². The van der Waals surface area contributed by atoms with Crippen LogP contribution in [0.2, 0.25) is 0 Å². The number of nitrogens with zero attached hydrogens (tertiary/aromatic N) is 1. The van der Waals surface area contributed by atoms with Gasteiger partial charge in [0.2, 0.25) is 0 Å². The molecule has 3 nitrogen and oxygen atoms in total. The minimum atomic E-state index is -0.337. The van der Waals surface area contributed by atoms with Crippen LogP contribution >= 0.6 is 22.7 Å². The largest absolute Gasteiger partial charge is 0.512 e. The Hall–Kier alpha value is -2.89. The Kier molecular flexibility index (Phi) is 11.8. The van der Waals surface area contributed by atoms with Gasteiger partial charge in [-0.25, -0.2) is 0 Å². The van der Waals surface area contributed by atoms with E-state index in [0.717, 1.165) is 42.3 Å². The zero-order chi connectivity index (χ0) is 34.1. The molecule has 6 heteroatoms. The Morgan fingerprint density at radius 2 is 1.50 bits per heavy atom. The fraction of sp³-hybridized carbons (Fsp3) is 0.381. The number of aliphatic hydroxyl groups is 1. The summed E-state index contributed by atoms with van der Waals surface area (Å²) in [4.78, 5) is 17.0. The first-order valence-corrected chi connectivity index (χ1v) is 18.6. The third kappa shape index (κ3) is 7.33. The van der Waals surface area contributed by atoms with Crippen LogP contribution in [0.4, 0.5) is 0 Å². The van der Waals surface area contributed by atoms with Gasteiger partial charge in [0.25, 0.3) is 0 Å². The minimum Gasteiger partial charge on any atom is -0.512 e. The molecule has 0 aliphatic heterocycles. The summed E-state index contributed by atoms with van der Waals surface area (Å²) in [6.07, 6.45) is 6.70. The molecule has 1 radical (unpaired) electrons. The van der Waals surface area contributed by atoms with Gasteiger partial charge in [-0.3, -0.25) is 9.78 Å². The first-order chi connectivity index (χ1) is 22.3. The average Bonchev–Trinajstić information content (AvgIpc) is 3.69. The minimum absolute atomic E-state index is 0. The second kappa shape index (κ2) is 14.9. The van der Waals surface area contributed by atoms with E-state index in [1.165, 1.54) is 47.3 Å². The topological polar surface area (TPSA) is 50.2 Å². The molecular weight excluding hydrogens is 807 g/mol. The molecule has 6 aromatic rings. The first kappa shape index (κ1) is 37.9. The van der Waals surface area contributed by atoms with E-state index in [0.29, 0.717) is 0 Å². The number of pyridine rings is 1. The summed E-state index contributed by atoms with van der Waals surface area (Å²) in [5.74, 6) is 0.286. The van der Waals surface area contributed by atoms with Crippen molar-refractivity contribution in [1.29, 1.82) is 0 Å². The van der Waals surface area contributed by atoms with E-state index in [1.807, 2.05) is 59.1 Å². The van der Waals surface area contributed by atoms with Gasteiger partial charge in [-0.1, -0.05) is 91.5 Å². The average molecular weight is 855 g/mol.